The molecule has 18 heavy (non-hydrogen) atoms. The van der Waals surface area contributed by atoms with Gasteiger partial charge in [0.2, 0.25) is 10.0 Å². The first kappa shape index (κ1) is 13.3. The predicted molar refractivity (Wildman–Crippen MR) is 69.7 cm³/mol. The molecule has 1 aliphatic rings. The van der Waals surface area contributed by atoms with E-state index in [1.165, 1.54) is 4.31 Å². The number of benzene rings is 1. The molecule has 100 valence electrons. The van der Waals surface area contributed by atoms with Gasteiger partial charge in [-0.3, -0.25) is 0 Å². The lowest BCUT2D eigenvalue weighted by atomic mass is 10.1. The Morgan fingerprint density at radius 2 is 1.89 bits per heavy atom. The molecule has 1 aromatic rings. The number of nitrogens with two attached hydrogens (primary N) is 1. The lowest BCUT2D eigenvalue weighted by Crippen LogP contribution is -2.51. The van der Waals surface area contributed by atoms with E-state index in [0.717, 1.165) is 5.56 Å². The van der Waals surface area contributed by atoms with Crippen molar-refractivity contribution in [1.29, 1.82) is 0 Å². The van der Waals surface area contributed by atoms with Gasteiger partial charge in [0.05, 0.1) is 5.69 Å². The maximum Gasteiger partial charge on any atom is 0.245 e. The molecule has 5 nitrogen and oxygen atoms in total. The van der Waals surface area contributed by atoms with Crippen LogP contribution in [0.15, 0.2) is 17.0 Å². The minimum absolute atomic E-state index is 0.0221. The Hall–Kier alpha value is -1.11. The number of aliphatic hydroxyl groups excluding tert-OH is 1. The quantitative estimate of drug-likeness (QED) is 0.783. The van der Waals surface area contributed by atoms with Crippen LogP contribution in [0.4, 0.5) is 5.69 Å². The van der Waals surface area contributed by atoms with Gasteiger partial charge in [-0.2, -0.15) is 4.31 Å². The number of anilines is 1. The SMILES string of the molecule is Cc1ccc(C)c(S(=O)(=O)N2CC(CO)C2)c1N. The summed E-state index contributed by atoms with van der Waals surface area (Å²) in [5.74, 6) is 0.0473. The summed E-state index contributed by atoms with van der Waals surface area (Å²) >= 11 is 0. The summed E-state index contributed by atoms with van der Waals surface area (Å²) in [7, 11) is -3.53. The first-order valence-corrected chi connectivity index (χ1v) is 7.28. The maximum absolute atomic E-state index is 12.4. The summed E-state index contributed by atoms with van der Waals surface area (Å²) in [6.07, 6.45) is 0. The Labute approximate surface area is 107 Å². The normalized spacial score (nSPS) is 17.7. The van der Waals surface area contributed by atoms with E-state index in [1.807, 2.05) is 6.07 Å². The number of nitrogen functional groups attached to an aromatic ring is 1. The van der Waals surface area contributed by atoms with Crippen LogP contribution in [0, 0.1) is 19.8 Å². The van der Waals surface area contributed by atoms with Crippen LogP contribution in [0.1, 0.15) is 11.1 Å². The third-order valence-corrected chi connectivity index (χ3v) is 5.43. The third-order valence-electron chi connectivity index (χ3n) is 3.39. The summed E-state index contributed by atoms with van der Waals surface area (Å²) in [6, 6.07) is 3.58. The minimum atomic E-state index is -3.53. The Morgan fingerprint density at radius 1 is 1.33 bits per heavy atom. The van der Waals surface area contributed by atoms with E-state index in [2.05, 4.69) is 0 Å². The van der Waals surface area contributed by atoms with E-state index in [4.69, 9.17) is 10.8 Å². The largest absolute Gasteiger partial charge is 0.397 e. The average Bonchev–Trinajstić information content (AvgIpc) is 2.22. The standard InChI is InChI=1S/C12H18N2O3S/c1-8-3-4-9(2)12(11(8)13)18(16,17)14-5-10(6-14)7-15/h3-4,10,15H,5-7,13H2,1-2H3. The number of nitrogens with zero attached hydrogens (tertiary/aromatic N) is 1. The highest BCUT2D eigenvalue weighted by atomic mass is 32.2. The van der Waals surface area contributed by atoms with Crippen molar-refractivity contribution in [3.63, 3.8) is 0 Å². The van der Waals surface area contributed by atoms with Gasteiger partial charge >= 0.3 is 0 Å². The van der Waals surface area contributed by atoms with Crippen LogP contribution >= 0.6 is 0 Å². The number of hydrogen-bond donors (Lipinski definition) is 2. The van der Waals surface area contributed by atoms with E-state index < -0.39 is 10.0 Å². The molecule has 0 aromatic heterocycles. The molecule has 0 saturated carbocycles. The van der Waals surface area contributed by atoms with Crippen LogP contribution in [0.2, 0.25) is 0 Å². The van der Waals surface area contributed by atoms with Gasteiger partial charge in [0.1, 0.15) is 4.90 Å². The highest BCUT2D eigenvalue weighted by Gasteiger charge is 2.38. The van der Waals surface area contributed by atoms with E-state index in [1.54, 1.807) is 19.9 Å². The molecule has 0 spiro atoms. The molecular formula is C12H18N2O3S. The fourth-order valence-corrected chi connectivity index (χ4v) is 4.10. The molecule has 6 heteroatoms. The van der Waals surface area contributed by atoms with Crippen molar-refractivity contribution in [2.24, 2.45) is 5.92 Å². The highest BCUT2D eigenvalue weighted by molar-refractivity contribution is 7.89. The monoisotopic (exact) mass is 270 g/mol. The van der Waals surface area contributed by atoms with Crippen molar-refractivity contribution < 1.29 is 13.5 Å². The Bertz CT molecular complexity index is 563. The molecule has 0 aliphatic carbocycles. The van der Waals surface area contributed by atoms with Crippen LogP contribution in [-0.4, -0.2) is 37.5 Å². The van der Waals surface area contributed by atoms with Crippen LogP contribution in [-0.2, 0) is 10.0 Å². The van der Waals surface area contributed by atoms with Crippen molar-refractivity contribution in [2.75, 3.05) is 25.4 Å². The first-order chi connectivity index (χ1) is 8.37. The van der Waals surface area contributed by atoms with Gasteiger partial charge in [0.15, 0.2) is 0 Å². The van der Waals surface area contributed by atoms with Crippen LogP contribution < -0.4 is 5.73 Å². The number of sulfonamides is 1. The molecule has 3 N–H and O–H groups in total. The maximum atomic E-state index is 12.4. The zero-order chi connectivity index (χ0) is 13.5. The first-order valence-electron chi connectivity index (χ1n) is 5.84. The van der Waals surface area contributed by atoms with Crippen LogP contribution in [0.3, 0.4) is 0 Å². The number of aryl methyl sites for hydroxylation is 2. The topological polar surface area (TPSA) is 83.6 Å². The Morgan fingerprint density at radius 3 is 2.44 bits per heavy atom. The molecule has 1 saturated heterocycles. The third kappa shape index (κ3) is 2.00. The summed E-state index contributed by atoms with van der Waals surface area (Å²) < 4.78 is 26.2. The second kappa shape index (κ2) is 4.53. The molecule has 0 amide bonds. The lowest BCUT2D eigenvalue weighted by Gasteiger charge is -2.37. The summed E-state index contributed by atoms with van der Waals surface area (Å²) in [5, 5.41) is 8.95. The molecule has 1 aromatic carbocycles. The van der Waals surface area contributed by atoms with Crippen LogP contribution in [0.5, 0.6) is 0 Å². The smallest absolute Gasteiger partial charge is 0.245 e. The molecule has 0 atom stereocenters. The van der Waals surface area contributed by atoms with Crippen molar-refractivity contribution in [1.82, 2.24) is 4.31 Å². The van der Waals surface area contributed by atoms with Crippen LogP contribution in [0.25, 0.3) is 0 Å². The molecule has 1 aliphatic heterocycles. The van der Waals surface area contributed by atoms with Crippen molar-refractivity contribution >= 4 is 15.7 Å². The Kier molecular flexibility index (Phi) is 3.35. The van der Waals surface area contributed by atoms with Gasteiger partial charge in [-0.25, -0.2) is 8.42 Å². The molecule has 0 bridgehead atoms. The van der Waals surface area contributed by atoms with Gasteiger partial charge < -0.3 is 10.8 Å². The Balaban J connectivity index is 2.40. The molecule has 0 radical (unpaired) electrons. The predicted octanol–water partition coefficient (Wildman–Crippen LogP) is 0.498. The van der Waals surface area contributed by atoms with E-state index in [-0.39, 0.29) is 17.4 Å². The molecular weight excluding hydrogens is 252 g/mol. The number of rotatable bonds is 3. The minimum Gasteiger partial charge on any atom is -0.397 e. The van der Waals surface area contributed by atoms with Gasteiger partial charge in [0, 0.05) is 25.6 Å². The number of aliphatic hydroxyl groups is 1. The zero-order valence-corrected chi connectivity index (χ0v) is 11.4. The van der Waals surface area contributed by atoms with E-state index in [0.29, 0.717) is 24.3 Å². The van der Waals surface area contributed by atoms with Gasteiger partial charge in [0.25, 0.3) is 0 Å². The molecule has 2 rings (SSSR count). The lowest BCUT2D eigenvalue weighted by molar-refractivity contribution is 0.117. The van der Waals surface area contributed by atoms with Crippen molar-refractivity contribution in [3.8, 4) is 0 Å². The van der Waals surface area contributed by atoms with E-state index >= 15 is 0 Å². The highest BCUT2D eigenvalue weighted by Crippen LogP contribution is 2.32. The number of hydrogen-bond acceptors (Lipinski definition) is 4. The fraction of sp³-hybridized carbons (Fsp3) is 0.500. The van der Waals surface area contributed by atoms with Crippen molar-refractivity contribution in [2.45, 2.75) is 18.7 Å². The molecule has 1 fully saturated rings. The van der Waals surface area contributed by atoms with Gasteiger partial charge in [-0.15, -0.1) is 0 Å². The molecule has 0 unspecified atom stereocenters. The second-order valence-corrected chi connectivity index (χ2v) is 6.69. The fourth-order valence-electron chi connectivity index (χ4n) is 2.11. The average molecular weight is 270 g/mol. The van der Waals surface area contributed by atoms with Gasteiger partial charge in [-0.05, 0) is 25.0 Å². The van der Waals surface area contributed by atoms with Gasteiger partial charge in [-0.1, -0.05) is 12.1 Å². The summed E-state index contributed by atoms with van der Waals surface area (Å²) in [6.45, 7) is 4.29. The van der Waals surface area contributed by atoms with E-state index in [9.17, 15) is 8.42 Å². The summed E-state index contributed by atoms with van der Waals surface area (Å²) in [5.41, 5.74) is 7.64. The van der Waals surface area contributed by atoms with Crippen molar-refractivity contribution in [3.05, 3.63) is 23.3 Å². The zero-order valence-electron chi connectivity index (χ0n) is 10.5. The molecule has 1 heterocycles. The summed E-state index contributed by atoms with van der Waals surface area (Å²) in [4.78, 5) is 0.207. The second-order valence-electron chi connectivity index (χ2n) is 4.81.